The number of alkyl halides is 3. The molecule has 0 amide bonds. The number of hydrogen-bond donors (Lipinski definition) is 1. The Morgan fingerprint density at radius 3 is 2.79 bits per heavy atom. The van der Waals surface area contributed by atoms with Crippen LogP contribution in [0.1, 0.15) is 25.8 Å². The van der Waals surface area contributed by atoms with Crippen molar-refractivity contribution < 1.29 is 17.9 Å². The van der Waals surface area contributed by atoms with Crippen LogP contribution in [0.15, 0.2) is 23.3 Å². The van der Waals surface area contributed by atoms with E-state index in [0.29, 0.717) is 12.1 Å². The predicted molar refractivity (Wildman–Crippen MR) is 86.0 cm³/mol. The second-order valence-corrected chi connectivity index (χ2v) is 6.61. The minimum Gasteiger partial charge on any atom is -0.468 e. The Bertz CT molecular complexity index is 587. The highest BCUT2D eigenvalue weighted by molar-refractivity contribution is 5.80. The molecule has 8 heteroatoms. The van der Waals surface area contributed by atoms with Crippen molar-refractivity contribution in [3.05, 3.63) is 23.9 Å². The Hall–Kier alpha value is -1.99. The number of hydrogen-bond acceptors (Lipinski definition) is 3. The van der Waals surface area contributed by atoms with Crippen molar-refractivity contribution in [2.24, 2.45) is 10.4 Å². The summed E-state index contributed by atoms with van der Waals surface area (Å²) in [6.45, 7) is 5.12. The number of likely N-dealkylation sites (tertiary alicyclic amines) is 1. The monoisotopic (exact) mass is 344 g/mol. The van der Waals surface area contributed by atoms with Gasteiger partial charge in [0, 0.05) is 38.4 Å². The van der Waals surface area contributed by atoms with E-state index in [9.17, 15) is 13.2 Å². The van der Waals surface area contributed by atoms with Crippen molar-refractivity contribution >= 4 is 5.96 Å². The van der Waals surface area contributed by atoms with Crippen molar-refractivity contribution in [3.63, 3.8) is 0 Å². The SMILES string of the molecule is CN=C(NCc1cccnc1OCC(F)(F)F)N1CCC(C)(C)C1. The average Bonchev–Trinajstić information content (AvgIpc) is 2.86. The van der Waals surface area contributed by atoms with Crippen LogP contribution in [0.25, 0.3) is 0 Å². The average molecular weight is 344 g/mol. The fourth-order valence-corrected chi connectivity index (χ4v) is 2.64. The van der Waals surface area contributed by atoms with E-state index < -0.39 is 12.8 Å². The maximum Gasteiger partial charge on any atom is 0.422 e. The lowest BCUT2D eigenvalue weighted by Gasteiger charge is -2.24. The topological polar surface area (TPSA) is 49.8 Å². The molecule has 1 saturated heterocycles. The highest BCUT2D eigenvalue weighted by Crippen LogP contribution is 2.28. The van der Waals surface area contributed by atoms with Crippen LogP contribution >= 0.6 is 0 Å². The van der Waals surface area contributed by atoms with E-state index in [4.69, 9.17) is 4.74 Å². The van der Waals surface area contributed by atoms with Gasteiger partial charge >= 0.3 is 6.18 Å². The van der Waals surface area contributed by atoms with Crippen LogP contribution in [0.3, 0.4) is 0 Å². The van der Waals surface area contributed by atoms with Crippen molar-refractivity contribution in [1.29, 1.82) is 0 Å². The molecule has 5 nitrogen and oxygen atoms in total. The summed E-state index contributed by atoms with van der Waals surface area (Å²) in [5.41, 5.74) is 0.786. The van der Waals surface area contributed by atoms with Crippen LogP contribution in [-0.2, 0) is 6.54 Å². The van der Waals surface area contributed by atoms with Crippen molar-refractivity contribution in [1.82, 2.24) is 15.2 Å². The van der Waals surface area contributed by atoms with Crippen molar-refractivity contribution in [3.8, 4) is 5.88 Å². The maximum absolute atomic E-state index is 12.3. The number of nitrogens with one attached hydrogen (secondary N) is 1. The molecule has 24 heavy (non-hydrogen) atoms. The number of nitrogens with zero attached hydrogens (tertiary/aromatic N) is 3. The molecule has 0 bridgehead atoms. The van der Waals surface area contributed by atoms with Gasteiger partial charge in [-0.25, -0.2) is 4.98 Å². The van der Waals surface area contributed by atoms with Crippen LogP contribution < -0.4 is 10.1 Å². The number of aliphatic imine (C=N–C) groups is 1. The van der Waals surface area contributed by atoms with Gasteiger partial charge in [-0.1, -0.05) is 19.9 Å². The molecule has 0 radical (unpaired) electrons. The lowest BCUT2D eigenvalue weighted by molar-refractivity contribution is -0.154. The fourth-order valence-electron chi connectivity index (χ4n) is 2.64. The van der Waals surface area contributed by atoms with Gasteiger partial charge in [-0.3, -0.25) is 4.99 Å². The third-order valence-electron chi connectivity index (χ3n) is 3.85. The molecular formula is C16H23F3N4O. The molecule has 1 aliphatic rings. The van der Waals surface area contributed by atoms with Crippen LogP contribution in [0.2, 0.25) is 0 Å². The molecule has 2 rings (SSSR count). The Kier molecular flexibility index (Phi) is 5.56. The zero-order valence-electron chi connectivity index (χ0n) is 14.2. The molecule has 1 aliphatic heterocycles. The third kappa shape index (κ3) is 5.28. The molecule has 1 fully saturated rings. The van der Waals surface area contributed by atoms with E-state index in [2.05, 4.69) is 34.0 Å². The second kappa shape index (κ2) is 7.27. The Morgan fingerprint density at radius 2 is 2.21 bits per heavy atom. The summed E-state index contributed by atoms with van der Waals surface area (Å²) in [7, 11) is 1.69. The molecule has 0 aromatic carbocycles. The van der Waals surface area contributed by atoms with Gasteiger partial charge in [0.05, 0.1) is 0 Å². The first-order valence-corrected chi connectivity index (χ1v) is 7.79. The highest BCUT2D eigenvalue weighted by atomic mass is 19.4. The summed E-state index contributed by atoms with van der Waals surface area (Å²) >= 11 is 0. The Labute approximate surface area is 139 Å². The summed E-state index contributed by atoms with van der Waals surface area (Å²) in [6.07, 6.45) is -1.91. The number of ether oxygens (including phenoxy) is 1. The molecule has 1 aromatic heterocycles. The van der Waals surface area contributed by atoms with Gasteiger partial charge in [0.1, 0.15) is 0 Å². The van der Waals surface area contributed by atoms with Crippen molar-refractivity contribution in [2.75, 3.05) is 26.7 Å². The van der Waals surface area contributed by atoms with Crippen LogP contribution in [0, 0.1) is 5.41 Å². The molecular weight excluding hydrogens is 321 g/mol. The number of aromatic nitrogens is 1. The Morgan fingerprint density at radius 1 is 1.46 bits per heavy atom. The zero-order valence-corrected chi connectivity index (χ0v) is 14.2. The van der Waals surface area contributed by atoms with Gasteiger partial charge < -0.3 is 15.0 Å². The number of guanidine groups is 1. The molecule has 0 atom stereocenters. The fraction of sp³-hybridized carbons (Fsp3) is 0.625. The van der Waals surface area contributed by atoms with Crippen LogP contribution in [0.5, 0.6) is 5.88 Å². The summed E-state index contributed by atoms with van der Waals surface area (Å²) in [5, 5.41) is 3.18. The molecule has 0 saturated carbocycles. The summed E-state index contributed by atoms with van der Waals surface area (Å²) < 4.78 is 41.8. The van der Waals surface area contributed by atoms with E-state index >= 15 is 0 Å². The minimum atomic E-state index is -4.39. The largest absolute Gasteiger partial charge is 0.468 e. The first-order valence-electron chi connectivity index (χ1n) is 7.79. The number of rotatable bonds is 4. The third-order valence-corrected chi connectivity index (χ3v) is 3.85. The predicted octanol–water partition coefficient (Wildman–Crippen LogP) is 2.83. The van der Waals surface area contributed by atoms with Gasteiger partial charge in [0.25, 0.3) is 0 Å². The normalized spacial score (nSPS) is 17.9. The lowest BCUT2D eigenvalue weighted by Crippen LogP contribution is -2.40. The summed E-state index contributed by atoms with van der Waals surface area (Å²) in [5.74, 6) is 0.714. The quantitative estimate of drug-likeness (QED) is 0.674. The zero-order chi connectivity index (χ0) is 17.8. The van der Waals surface area contributed by atoms with Crippen LogP contribution in [-0.4, -0.2) is 48.8 Å². The number of halogens is 3. The first kappa shape index (κ1) is 18.4. The summed E-state index contributed by atoms with van der Waals surface area (Å²) in [4.78, 5) is 10.3. The highest BCUT2D eigenvalue weighted by Gasteiger charge is 2.31. The molecule has 2 heterocycles. The van der Waals surface area contributed by atoms with E-state index in [0.717, 1.165) is 25.5 Å². The minimum absolute atomic E-state index is 0.0143. The molecule has 0 spiro atoms. The lowest BCUT2D eigenvalue weighted by atomic mass is 9.93. The molecule has 0 unspecified atom stereocenters. The molecule has 134 valence electrons. The second-order valence-electron chi connectivity index (χ2n) is 6.61. The Balaban J connectivity index is 1.98. The van der Waals surface area contributed by atoms with Gasteiger partial charge in [-0.15, -0.1) is 0 Å². The molecule has 0 aliphatic carbocycles. The van der Waals surface area contributed by atoms with E-state index in [1.54, 1.807) is 19.2 Å². The van der Waals surface area contributed by atoms with E-state index in [-0.39, 0.29) is 11.3 Å². The van der Waals surface area contributed by atoms with Gasteiger partial charge in [-0.05, 0) is 17.9 Å². The van der Waals surface area contributed by atoms with E-state index in [1.165, 1.54) is 6.20 Å². The van der Waals surface area contributed by atoms with Crippen molar-refractivity contribution in [2.45, 2.75) is 33.0 Å². The van der Waals surface area contributed by atoms with Crippen LogP contribution in [0.4, 0.5) is 13.2 Å². The molecule has 1 N–H and O–H groups in total. The first-order chi connectivity index (χ1) is 11.2. The standard InChI is InChI=1S/C16H23F3N4O/c1-15(2)6-8-23(10-15)14(20-3)22-9-12-5-4-7-21-13(12)24-11-16(17,18)19/h4-5,7H,6,8-11H2,1-3H3,(H,20,22). The molecule has 1 aromatic rings. The van der Waals surface area contributed by atoms with Gasteiger partial charge in [0.2, 0.25) is 5.88 Å². The smallest absolute Gasteiger partial charge is 0.422 e. The maximum atomic E-state index is 12.3. The van der Waals surface area contributed by atoms with E-state index in [1.807, 2.05) is 0 Å². The number of pyridine rings is 1. The van der Waals surface area contributed by atoms with Gasteiger partial charge in [0.15, 0.2) is 12.6 Å². The van der Waals surface area contributed by atoms with Gasteiger partial charge in [-0.2, -0.15) is 13.2 Å². The summed E-state index contributed by atoms with van der Waals surface area (Å²) in [6, 6.07) is 3.35.